The van der Waals surface area contributed by atoms with Crippen LogP contribution in [-0.2, 0) is 22.6 Å². The number of rotatable bonds is 10. The molecule has 2 amide bonds. The van der Waals surface area contributed by atoms with E-state index in [2.05, 4.69) is 34.5 Å². The van der Waals surface area contributed by atoms with Crippen LogP contribution < -0.4 is 10.2 Å². The number of hydrogen-bond donors (Lipinski definition) is 1. The zero-order chi connectivity index (χ0) is 25.5. The van der Waals surface area contributed by atoms with Gasteiger partial charge < -0.3 is 5.32 Å². The monoisotopic (exact) mass is 484 g/mol. The van der Waals surface area contributed by atoms with Crippen LogP contribution in [0.1, 0.15) is 44.4 Å². The zero-order valence-corrected chi connectivity index (χ0v) is 21.0. The van der Waals surface area contributed by atoms with Crippen molar-refractivity contribution in [1.29, 1.82) is 0 Å². The van der Waals surface area contributed by atoms with Gasteiger partial charge in [0, 0.05) is 30.2 Å². The van der Waals surface area contributed by atoms with Crippen molar-refractivity contribution in [3.63, 3.8) is 0 Å². The Labute approximate surface area is 211 Å². The number of hydrogen-bond acceptors (Lipinski definition) is 5. The number of carbonyl (C=O) groups is 2. The normalized spacial score (nSPS) is 12.0. The van der Waals surface area contributed by atoms with Crippen LogP contribution in [0.3, 0.4) is 0 Å². The lowest BCUT2D eigenvalue weighted by molar-refractivity contribution is -0.127. The van der Waals surface area contributed by atoms with Crippen LogP contribution in [0, 0.1) is 5.92 Å². The molecule has 0 fully saturated rings. The van der Waals surface area contributed by atoms with E-state index in [0.29, 0.717) is 35.7 Å². The lowest BCUT2D eigenvalue weighted by atomic mass is 10.0. The Morgan fingerprint density at radius 1 is 1.03 bits per heavy atom. The molecule has 2 aromatic heterocycles. The van der Waals surface area contributed by atoms with E-state index < -0.39 is 6.04 Å². The summed E-state index contributed by atoms with van der Waals surface area (Å²) in [4.78, 5) is 33.6. The Kier molecular flexibility index (Phi) is 8.05. The van der Waals surface area contributed by atoms with Crippen LogP contribution in [0.5, 0.6) is 0 Å². The summed E-state index contributed by atoms with van der Waals surface area (Å²) >= 11 is 0. The smallest absolute Gasteiger partial charge is 0.249 e. The number of amides is 2. The van der Waals surface area contributed by atoms with E-state index in [4.69, 9.17) is 0 Å². The van der Waals surface area contributed by atoms with E-state index in [1.807, 2.05) is 61.5 Å². The molecule has 1 atom stereocenters. The summed E-state index contributed by atoms with van der Waals surface area (Å²) in [5.41, 5.74) is 3.78. The van der Waals surface area contributed by atoms with E-state index in [-0.39, 0.29) is 18.4 Å². The second-order valence-electron chi connectivity index (χ2n) is 9.14. The molecule has 36 heavy (non-hydrogen) atoms. The van der Waals surface area contributed by atoms with E-state index >= 15 is 0 Å². The highest BCUT2D eigenvalue weighted by Crippen LogP contribution is 2.31. The van der Waals surface area contributed by atoms with E-state index in [1.165, 1.54) is 0 Å². The molecule has 0 bridgehead atoms. The average Bonchev–Trinajstić information content (AvgIpc) is 3.30. The second kappa shape index (κ2) is 11.6. The van der Waals surface area contributed by atoms with Crippen LogP contribution in [0.4, 0.5) is 5.69 Å². The van der Waals surface area contributed by atoms with E-state index in [9.17, 15) is 9.59 Å². The number of fused-ring (bicyclic) bond motifs is 1. The quantitative estimate of drug-likeness (QED) is 0.362. The average molecular weight is 485 g/mol. The number of benzene rings is 2. The summed E-state index contributed by atoms with van der Waals surface area (Å²) in [5.74, 6) is -0.0629. The highest BCUT2D eigenvalue weighted by molar-refractivity contribution is 6.02. The molecule has 0 saturated carbocycles. The van der Waals surface area contributed by atoms with Crippen molar-refractivity contribution < 1.29 is 9.59 Å². The van der Waals surface area contributed by atoms with Crippen molar-refractivity contribution in [1.82, 2.24) is 25.3 Å². The first-order valence-electron chi connectivity index (χ1n) is 12.4. The van der Waals surface area contributed by atoms with Crippen molar-refractivity contribution >= 4 is 28.5 Å². The van der Waals surface area contributed by atoms with Crippen molar-refractivity contribution in [3.8, 4) is 0 Å². The van der Waals surface area contributed by atoms with Gasteiger partial charge in [0.05, 0.1) is 5.52 Å². The third-order valence-corrected chi connectivity index (χ3v) is 6.13. The first-order chi connectivity index (χ1) is 17.5. The maximum absolute atomic E-state index is 14.1. The molecule has 4 aromatic rings. The number of para-hydroxylation sites is 2. The predicted octanol–water partition coefficient (Wildman–Crippen LogP) is 4.33. The van der Waals surface area contributed by atoms with E-state index in [0.717, 1.165) is 17.5 Å². The third-order valence-electron chi connectivity index (χ3n) is 6.13. The molecule has 186 valence electrons. The summed E-state index contributed by atoms with van der Waals surface area (Å²) in [7, 11) is 0. The van der Waals surface area contributed by atoms with Gasteiger partial charge in [-0.15, -0.1) is 5.10 Å². The lowest BCUT2D eigenvalue weighted by Gasteiger charge is -2.32. The molecule has 2 aromatic carbocycles. The fraction of sp³-hybridized carbons (Fsp3) is 0.321. The maximum atomic E-state index is 14.1. The molecular weight excluding hydrogens is 452 g/mol. The number of aryl methyl sites for hydroxylation is 1. The largest absolute Gasteiger partial charge is 0.354 e. The van der Waals surface area contributed by atoms with Gasteiger partial charge in [0.15, 0.2) is 0 Å². The number of nitrogens with zero attached hydrogens (tertiary/aromatic N) is 5. The first-order valence-corrected chi connectivity index (χ1v) is 12.4. The SMILES string of the molecule is CCc1ccccc1N(C(=O)Cn1nnc2ccccc21)C(C(=O)NCCC(C)C)c1cccnc1. The Hall–Kier alpha value is -4.07. The number of anilines is 1. The van der Waals surface area contributed by atoms with E-state index in [1.54, 1.807) is 28.0 Å². The molecule has 1 unspecified atom stereocenters. The van der Waals surface area contributed by atoms with Crippen LogP contribution in [0.25, 0.3) is 11.0 Å². The van der Waals surface area contributed by atoms with Crippen LogP contribution in [-0.4, -0.2) is 38.3 Å². The minimum Gasteiger partial charge on any atom is -0.354 e. The van der Waals surface area contributed by atoms with Gasteiger partial charge in [0.2, 0.25) is 11.8 Å². The number of nitrogens with one attached hydrogen (secondary N) is 1. The molecular formula is C28H32N6O2. The molecule has 0 aliphatic heterocycles. The maximum Gasteiger partial charge on any atom is 0.249 e. The molecule has 0 aliphatic carbocycles. The van der Waals surface area contributed by atoms with Crippen LogP contribution in [0.2, 0.25) is 0 Å². The standard InChI is InChI=1S/C28H32N6O2/c1-4-21-10-5-7-13-24(21)34(26(35)19-33-25-14-8-6-12-23(25)31-32-33)27(22-11-9-16-29-18-22)28(36)30-17-15-20(2)3/h5-14,16,18,20,27H,4,15,17,19H2,1-3H3,(H,30,36). The molecule has 8 nitrogen and oxygen atoms in total. The summed E-state index contributed by atoms with van der Waals surface area (Å²) in [5, 5.41) is 11.4. The Morgan fingerprint density at radius 3 is 2.56 bits per heavy atom. The molecule has 8 heteroatoms. The second-order valence-corrected chi connectivity index (χ2v) is 9.14. The van der Waals surface area contributed by atoms with Gasteiger partial charge in [-0.1, -0.05) is 62.4 Å². The number of carbonyl (C=O) groups excluding carboxylic acids is 2. The van der Waals surface area contributed by atoms with Gasteiger partial charge in [0.25, 0.3) is 0 Å². The molecule has 0 aliphatic rings. The molecule has 0 spiro atoms. The topological polar surface area (TPSA) is 93.0 Å². The summed E-state index contributed by atoms with van der Waals surface area (Å²) in [6, 6.07) is 17.9. The summed E-state index contributed by atoms with van der Waals surface area (Å²) < 4.78 is 1.58. The van der Waals surface area contributed by atoms with Crippen molar-refractivity contribution in [3.05, 3.63) is 84.2 Å². The van der Waals surface area contributed by atoms with Crippen molar-refractivity contribution in [2.75, 3.05) is 11.4 Å². The molecule has 2 heterocycles. The van der Waals surface area contributed by atoms with Crippen LogP contribution in [0.15, 0.2) is 73.1 Å². The fourth-order valence-electron chi connectivity index (χ4n) is 4.24. The molecule has 0 radical (unpaired) electrons. The summed E-state index contributed by atoms with van der Waals surface area (Å²) in [6.07, 6.45) is 4.86. The molecule has 4 rings (SSSR count). The highest BCUT2D eigenvalue weighted by Gasteiger charge is 2.34. The van der Waals surface area contributed by atoms with Gasteiger partial charge in [-0.25, -0.2) is 4.68 Å². The van der Waals surface area contributed by atoms with Gasteiger partial charge in [-0.05, 0) is 48.6 Å². The molecule has 1 N–H and O–H groups in total. The van der Waals surface area contributed by atoms with Gasteiger partial charge in [0.1, 0.15) is 18.1 Å². The van der Waals surface area contributed by atoms with Crippen molar-refractivity contribution in [2.45, 2.75) is 46.2 Å². The van der Waals surface area contributed by atoms with Gasteiger partial charge in [-0.3, -0.25) is 19.5 Å². The lowest BCUT2D eigenvalue weighted by Crippen LogP contribution is -2.46. The third kappa shape index (κ3) is 5.59. The number of aromatic nitrogens is 4. The highest BCUT2D eigenvalue weighted by atomic mass is 16.2. The van der Waals surface area contributed by atoms with Gasteiger partial charge in [-0.2, -0.15) is 0 Å². The Balaban J connectivity index is 1.78. The van der Waals surface area contributed by atoms with Crippen molar-refractivity contribution in [2.24, 2.45) is 5.92 Å². The zero-order valence-electron chi connectivity index (χ0n) is 21.0. The minimum atomic E-state index is -0.888. The first kappa shape index (κ1) is 25.0. The number of pyridine rings is 1. The fourth-order valence-corrected chi connectivity index (χ4v) is 4.24. The Bertz CT molecular complexity index is 1320. The van der Waals surface area contributed by atoms with Crippen LogP contribution >= 0.6 is 0 Å². The molecule has 0 saturated heterocycles. The Morgan fingerprint density at radius 2 is 1.81 bits per heavy atom. The van der Waals surface area contributed by atoms with Gasteiger partial charge >= 0.3 is 0 Å². The minimum absolute atomic E-state index is 0.0609. The predicted molar refractivity (Wildman–Crippen MR) is 140 cm³/mol. The summed E-state index contributed by atoms with van der Waals surface area (Å²) in [6.45, 7) is 6.72.